The number of halogens is 3. The van der Waals surface area contributed by atoms with E-state index in [1.165, 1.54) is 0 Å². The molecule has 2 aliphatic rings. The molecule has 2 fully saturated rings. The molecule has 0 bridgehead atoms. The molecule has 2 rings (SSSR count). The lowest BCUT2D eigenvalue weighted by Gasteiger charge is -2.51. The zero-order valence-corrected chi connectivity index (χ0v) is 13.1. The maximum absolute atomic E-state index is 13.1. The van der Waals surface area contributed by atoms with E-state index in [-0.39, 0.29) is 12.8 Å². The van der Waals surface area contributed by atoms with Crippen molar-refractivity contribution in [2.24, 2.45) is 11.7 Å². The summed E-state index contributed by atoms with van der Waals surface area (Å²) >= 11 is 0. The Morgan fingerprint density at radius 3 is 2.29 bits per heavy atom. The van der Waals surface area contributed by atoms with E-state index in [1.54, 1.807) is 0 Å². The van der Waals surface area contributed by atoms with Crippen LogP contribution in [0.25, 0.3) is 0 Å². The number of rotatable bonds is 3. The highest BCUT2D eigenvalue weighted by atomic mass is 19.4. The van der Waals surface area contributed by atoms with Gasteiger partial charge in [0, 0.05) is 31.2 Å². The average Bonchev–Trinajstić information content (AvgIpc) is 2.46. The SMILES string of the molecule is CN(C)C1CCN(C2(CN)CCCC(C(F)(F)F)C2)CC1. The van der Waals surface area contributed by atoms with Gasteiger partial charge < -0.3 is 10.6 Å². The van der Waals surface area contributed by atoms with Crippen LogP contribution in [0.2, 0.25) is 0 Å². The lowest BCUT2D eigenvalue weighted by atomic mass is 9.73. The summed E-state index contributed by atoms with van der Waals surface area (Å²) in [6.07, 6.45) is -0.156. The van der Waals surface area contributed by atoms with Crippen LogP contribution in [0.1, 0.15) is 38.5 Å². The maximum atomic E-state index is 13.1. The van der Waals surface area contributed by atoms with E-state index >= 15 is 0 Å². The molecule has 1 saturated carbocycles. The Bertz CT molecular complexity index is 338. The molecule has 2 N–H and O–H groups in total. The minimum atomic E-state index is -4.08. The van der Waals surface area contributed by atoms with Gasteiger partial charge in [-0.3, -0.25) is 4.90 Å². The van der Waals surface area contributed by atoms with Gasteiger partial charge in [0.2, 0.25) is 0 Å². The fourth-order valence-corrected chi connectivity index (χ4v) is 4.08. The molecule has 2 atom stereocenters. The molecule has 0 aromatic rings. The van der Waals surface area contributed by atoms with Gasteiger partial charge in [-0.25, -0.2) is 0 Å². The molecule has 0 radical (unpaired) electrons. The number of hydrogen-bond donors (Lipinski definition) is 1. The van der Waals surface area contributed by atoms with Gasteiger partial charge in [0.05, 0.1) is 5.92 Å². The van der Waals surface area contributed by atoms with Crippen LogP contribution >= 0.6 is 0 Å². The van der Waals surface area contributed by atoms with Crippen LogP contribution < -0.4 is 5.73 Å². The molecule has 1 heterocycles. The normalized spacial score (nSPS) is 33.6. The van der Waals surface area contributed by atoms with Gasteiger partial charge in [-0.2, -0.15) is 13.2 Å². The number of alkyl halides is 3. The van der Waals surface area contributed by atoms with Gasteiger partial charge in [0.25, 0.3) is 0 Å². The molecule has 0 aromatic carbocycles. The highest BCUT2D eigenvalue weighted by Crippen LogP contribution is 2.44. The minimum Gasteiger partial charge on any atom is -0.329 e. The van der Waals surface area contributed by atoms with E-state index < -0.39 is 17.6 Å². The Morgan fingerprint density at radius 1 is 1.19 bits per heavy atom. The minimum absolute atomic E-state index is 0.180. The topological polar surface area (TPSA) is 32.5 Å². The van der Waals surface area contributed by atoms with Crippen LogP contribution in [0.5, 0.6) is 0 Å². The molecular formula is C15H28F3N3. The zero-order valence-electron chi connectivity index (χ0n) is 13.1. The summed E-state index contributed by atoms with van der Waals surface area (Å²) in [5, 5.41) is 0. The molecule has 0 aromatic heterocycles. The first-order valence-electron chi connectivity index (χ1n) is 7.97. The van der Waals surface area contributed by atoms with E-state index in [4.69, 9.17) is 5.73 Å². The van der Waals surface area contributed by atoms with Gasteiger partial charge in [-0.05, 0) is 46.2 Å². The molecule has 21 heavy (non-hydrogen) atoms. The molecule has 1 aliphatic carbocycles. The van der Waals surface area contributed by atoms with E-state index in [0.717, 1.165) is 32.4 Å². The second-order valence-corrected chi connectivity index (χ2v) is 6.95. The average molecular weight is 307 g/mol. The molecule has 3 nitrogen and oxygen atoms in total. The fraction of sp³-hybridized carbons (Fsp3) is 1.00. The summed E-state index contributed by atoms with van der Waals surface area (Å²) in [4.78, 5) is 4.47. The van der Waals surface area contributed by atoms with Crippen molar-refractivity contribution in [3.05, 3.63) is 0 Å². The monoisotopic (exact) mass is 307 g/mol. The Morgan fingerprint density at radius 2 is 1.81 bits per heavy atom. The first kappa shape index (κ1) is 17.0. The molecule has 1 saturated heterocycles. The molecule has 124 valence electrons. The van der Waals surface area contributed by atoms with E-state index in [2.05, 4.69) is 23.9 Å². The van der Waals surface area contributed by atoms with Crippen molar-refractivity contribution in [1.82, 2.24) is 9.80 Å². The molecule has 0 spiro atoms. The summed E-state index contributed by atoms with van der Waals surface area (Å²) in [5.41, 5.74) is 5.51. The summed E-state index contributed by atoms with van der Waals surface area (Å²) in [5.74, 6) is -1.18. The number of likely N-dealkylation sites (tertiary alicyclic amines) is 1. The van der Waals surface area contributed by atoms with Crippen LogP contribution in [0, 0.1) is 5.92 Å². The van der Waals surface area contributed by atoms with Gasteiger partial charge in [0.1, 0.15) is 0 Å². The third kappa shape index (κ3) is 3.71. The van der Waals surface area contributed by atoms with Crippen molar-refractivity contribution < 1.29 is 13.2 Å². The number of nitrogens with zero attached hydrogens (tertiary/aromatic N) is 2. The fourth-order valence-electron chi connectivity index (χ4n) is 4.08. The molecule has 0 amide bonds. The number of nitrogens with two attached hydrogens (primary N) is 1. The first-order valence-corrected chi connectivity index (χ1v) is 7.97. The molecule has 6 heteroatoms. The van der Waals surface area contributed by atoms with Crippen LogP contribution in [0.15, 0.2) is 0 Å². The standard InChI is InChI=1S/C15H28F3N3/c1-20(2)13-5-8-21(9-6-13)14(11-19)7-3-4-12(10-14)15(16,17)18/h12-13H,3-11,19H2,1-2H3. The van der Waals surface area contributed by atoms with Gasteiger partial charge in [0.15, 0.2) is 0 Å². The highest BCUT2D eigenvalue weighted by Gasteiger charge is 2.49. The van der Waals surface area contributed by atoms with Crippen LogP contribution in [0.4, 0.5) is 13.2 Å². The second kappa shape index (κ2) is 6.42. The predicted octanol–water partition coefficient (Wildman–Crippen LogP) is 2.46. The summed E-state index contributed by atoms with van der Waals surface area (Å²) in [7, 11) is 4.14. The van der Waals surface area contributed by atoms with Crippen molar-refractivity contribution in [2.75, 3.05) is 33.7 Å². The third-order valence-electron chi connectivity index (χ3n) is 5.53. The predicted molar refractivity (Wildman–Crippen MR) is 78.1 cm³/mol. The quantitative estimate of drug-likeness (QED) is 0.869. The first-order chi connectivity index (χ1) is 9.78. The molecular weight excluding hydrogens is 279 g/mol. The lowest BCUT2D eigenvalue weighted by molar-refractivity contribution is -0.194. The van der Waals surface area contributed by atoms with Crippen molar-refractivity contribution in [1.29, 1.82) is 0 Å². The van der Waals surface area contributed by atoms with Crippen molar-refractivity contribution >= 4 is 0 Å². The molecule has 1 aliphatic heterocycles. The smallest absolute Gasteiger partial charge is 0.329 e. The van der Waals surface area contributed by atoms with E-state index in [0.29, 0.717) is 19.0 Å². The molecule has 2 unspecified atom stereocenters. The number of piperidine rings is 1. The van der Waals surface area contributed by atoms with Crippen LogP contribution in [0.3, 0.4) is 0 Å². The Balaban J connectivity index is 2.04. The summed E-state index contributed by atoms with van der Waals surface area (Å²) in [6.45, 7) is 2.07. The van der Waals surface area contributed by atoms with E-state index in [9.17, 15) is 13.2 Å². The summed E-state index contributed by atoms with van der Waals surface area (Å²) in [6, 6.07) is 0.540. The summed E-state index contributed by atoms with van der Waals surface area (Å²) < 4.78 is 39.3. The van der Waals surface area contributed by atoms with Gasteiger partial charge >= 0.3 is 6.18 Å². The highest BCUT2D eigenvalue weighted by molar-refractivity contribution is 4.99. The van der Waals surface area contributed by atoms with Crippen LogP contribution in [-0.4, -0.2) is 61.3 Å². The Labute approximate surface area is 125 Å². The zero-order chi connectivity index (χ0) is 15.7. The number of hydrogen-bond acceptors (Lipinski definition) is 3. The lowest BCUT2D eigenvalue weighted by Crippen LogP contribution is -2.60. The van der Waals surface area contributed by atoms with Crippen LogP contribution in [-0.2, 0) is 0 Å². The van der Waals surface area contributed by atoms with Crippen molar-refractivity contribution in [3.8, 4) is 0 Å². The van der Waals surface area contributed by atoms with Crippen molar-refractivity contribution in [3.63, 3.8) is 0 Å². The largest absolute Gasteiger partial charge is 0.391 e. The Hall–Kier alpha value is -0.330. The second-order valence-electron chi connectivity index (χ2n) is 6.95. The van der Waals surface area contributed by atoms with E-state index in [1.807, 2.05) is 0 Å². The third-order valence-corrected chi connectivity index (χ3v) is 5.53. The van der Waals surface area contributed by atoms with Gasteiger partial charge in [-0.1, -0.05) is 6.42 Å². The van der Waals surface area contributed by atoms with Crippen molar-refractivity contribution in [2.45, 2.75) is 56.3 Å². The Kier molecular flexibility index (Phi) is 5.21. The van der Waals surface area contributed by atoms with Gasteiger partial charge in [-0.15, -0.1) is 0 Å². The maximum Gasteiger partial charge on any atom is 0.391 e.